The van der Waals surface area contributed by atoms with Crippen LogP contribution in [0.1, 0.15) is 5.69 Å². The zero-order valence-corrected chi connectivity index (χ0v) is 9.41. The minimum Gasteiger partial charge on any atom is -0.497 e. The van der Waals surface area contributed by atoms with Gasteiger partial charge in [0.2, 0.25) is 0 Å². The molecule has 0 bridgehead atoms. The Labute approximate surface area is 96.0 Å². The maximum Gasteiger partial charge on any atom is 0.290 e. The van der Waals surface area contributed by atoms with E-state index in [1.54, 1.807) is 17.7 Å². The van der Waals surface area contributed by atoms with E-state index in [0.29, 0.717) is 11.3 Å². The van der Waals surface area contributed by atoms with Crippen LogP contribution in [0.2, 0.25) is 0 Å². The van der Waals surface area contributed by atoms with Gasteiger partial charge in [-0.25, -0.2) is 4.52 Å². The van der Waals surface area contributed by atoms with Gasteiger partial charge in [0.05, 0.1) is 12.6 Å². The van der Waals surface area contributed by atoms with Crippen LogP contribution in [0.25, 0.3) is 11.0 Å². The Hall–Kier alpha value is -2.37. The van der Waals surface area contributed by atoms with Gasteiger partial charge in [-0.2, -0.15) is 0 Å². The predicted octanol–water partition coefficient (Wildman–Crippen LogP) is 0.659. The van der Waals surface area contributed by atoms with Gasteiger partial charge in [-0.3, -0.25) is 4.79 Å². The van der Waals surface area contributed by atoms with Crippen molar-refractivity contribution in [2.75, 3.05) is 7.11 Å². The molecule has 6 nitrogen and oxygen atoms in total. The molecule has 0 aliphatic rings. The Morgan fingerprint density at radius 3 is 2.88 bits per heavy atom. The Balaban J connectivity index is 2.52. The summed E-state index contributed by atoms with van der Waals surface area (Å²) in [6.45, 7) is 1.85. The Kier molecular flexibility index (Phi) is 1.91. The molecule has 0 unspecified atom stereocenters. The van der Waals surface area contributed by atoms with Crippen molar-refractivity contribution in [3.05, 3.63) is 40.3 Å². The molecule has 2 heterocycles. The Morgan fingerprint density at radius 1 is 1.29 bits per heavy atom. The van der Waals surface area contributed by atoms with E-state index in [1.165, 1.54) is 10.7 Å². The summed E-state index contributed by atoms with van der Waals surface area (Å²) in [6, 6.07) is 6.99. The first kappa shape index (κ1) is 9.83. The molecule has 0 aliphatic heterocycles. The highest BCUT2D eigenvalue weighted by Gasteiger charge is 2.08. The minimum absolute atomic E-state index is 0.187. The van der Waals surface area contributed by atoms with Gasteiger partial charge in [0.1, 0.15) is 11.3 Å². The number of aromatic nitrogens is 4. The summed E-state index contributed by atoms with van der Waals surface area (Å²) < 4.78 is 8.09. The molecule has 3 rings (SSSR count). The topological polar surface area (TPSA) is 60.9 Å². The quantitative estimate of drug-likeness (QED) is 0.616. The van der Waals surface area contributed by atoms with Gasteiger partial charge in [0.15, 0.2) is 0 Å². The van der Waals surface area contributed by atoms with Gasteiger partial charge in [-0.1, -0.05) is 0 Å². The first-order valence-corrected chi connectivity index (χ1v) is 5.13. The molecule has 0 aliphatic carbocycles. The van der Waals surface area contributed by atoms with E-state index in [1.807, 2.05) is 19.1 Å². The molecule has 6 heteroatoms. The standard InChI is InChI=1S/C11H10N4O2/c1-7-5-11(16)15-13-12-9-6-8(17-2)3-4-10(9)14(7)15/h3-6H,1-2H3. The fourth-order valence-electron chi connectivity index (χ4n) is 1.90. The summed E-state index contributed by atoms with van der Waals surface area (Å²) in [7, 11) is 1.60. The second-order valence-electron chi connectivity index (χ2n) is 3.77. The molecular weight excluding hydrogens is 220 g/mol. The van der Waals surface area contributed by atoms with Crippen LogP contribution in [0.4, 0.5) is 0 Å². The van der Waals surface area contributed by atoms with Gasteiger partial charge < -0.3 is 4.74 Å². The lowest BCUT2D eigenvalue weighted by Gasteiger charge is -2.05. The normalized spacial score (nSPS) is 11.2. The number of methoxy groups -OCH3 is 1. The van der Waals surface area contributed by atoms with E-state index in [0.717, 1.165) is 11.2 Å². The first-order valence-electron chi connectivity index (χ1n) is 5.13. The minimum atomic E-state index is -0.187. The molecule has 0 radical (unpaired) electrons. The first-order chi connectivity index (χ1) is 8.20. The van der Waals surface area contributed by atoms with Crippen molar-refractivity contribution in [3.63, 3.8) is 0 Å². The average molecular weight is 230 g/mol. The van der Waals surface area contributed by atoms with E-state index >= 15 is 0 Å². The third-order valence-electron chi connectivity index (χ3n) is 2.70. The number of hydrogen-bond donors (Lipinski definition) is 0. The smallest absolute Gasteiger partial charge is 0.290 e. The second kappa shape index (κ2) is 3.31. The summed E-state index contributed by atoms with van der Waals surface area (Å²) in [4.78, 5) is 11.6. The highest BCUT2D eigenvalue weighted by Crippen LogP contribution is 2.17. The van der Waals surface area contributed by atoms with Crippen LogP contribution in [0, 0.1) is 6.92 Å². The van der Waals surface area contributed by atoms with Crippen molar-refractivity contribution >= 4 is 11.0 Å². The number of ether oxygens (including phenoxy) is 1. The van der Waals surface area contributed by atoms with Crippen molar-refractivity contribution in [1.29, 1.82) is 0 Å². The molecule has 0 amide bonds. The molecular formula is C11H10N4O2. The Morgan fingerprint density at radius 2 is 2.12 bits per heavy atom. The van der Waals surface area contributed by atoms with Crippen LogP contribution in [-0.4, -0.2) is 26.6 Å². The number of aryl methyl sites for hydroxylation is 1. The van der Waals surface area contributed by atoms with Gasteiger partial charge in [-0.05, 0) is 24.3 Å². The van der Waals surface area contributed by atoms with Crippen LogP contribution in [-0.2, 0) is 0 Å². The highest BCUT2D eigenvalue weighted by molar-refractivity contribution is 5.75. The Bertz CT molecular complexity index is 772. The molecule has 86 valence electrons. The highest BCUT2D eigenvalue weighted by atomic mass is 16.5. The third kappa shape index (κ3) is 1.30. The predicted molar refractivity (Wildman–Crippen MR) is 61.5 cm³/mol. The lowest BCUT2D eigenvalue weighted by atomic mass is 10.3. The molecule has 3 aromatic rings. The number of rotatable bonds is 1. The van der Waals surface area contributed by atoms with Crippen molar-refractivity contribution in [3.8, 4) is 5.75 Å². The monoisotopic (exact) mass is 230 g/mol. The molecule has 0 N–H and O–H groups in total. The SMILES string of the molecule is COc1ccc2c(c1)nnn1c(=O)cc(C)n21. The molecule has 0 fully saturated rings. The summed E-state index contributed by atoms with van der Waals surface area (Å²) in [5, 5.41) is 7.87. The van der Waals surface area contributed by atoms with Crippen molar-refractivity contribution in [2.45, 2.75) is 6.92 Å². The molecule has 0 atom stereocenters. The maximum absolute atomic E-state index is 11.6. The van der Waals surface area contributed by atoms with Crippen LogP contribution in [0.15, 0.2) is 29.1 Å². The second-order valence-corrected chi connectivity index (χ2v) is 3.77. The van der Waals surface area contributed by atoms with E-state index in [2.05, 4.69) is 10.3 Å². The van der Waals surface area contributed by atoms with Crippen LogP contribution >= 0.6 is 0 Å². The average Bonchev–Trinajstić information content (AvgIpc) is 2.64. The summed E-state index contributed by atoms with van der Waals surface area (Å²) >= 11 is 0. The molecule has 17 heavy (non-hydrogen) atoms. The van der Waals surface area contributed by atoms with Crippen LogP contribution < -0.4 is 10.3 Å². The summed E-state index contributed by atoms with van der Waals surface area (Å²) in [6.07, 6.45) is 0. The van der Waals surface area contributed by atoms with Gasteiger partial charge in [0, 0.05) is 17.8 Å². The number of benzene rings is 1. The number of fused-ring (bicyclic) bond motifs is 3. The van der Waals surface area contributed by atoms with Crippen LogP contribution in [0.3, 0.4) is 0 Å². The lowest BCUT2D eigenvalue weighted by Crippen LogP contribution is -2.16. The maximum atomic E-state index is 11.6. The van der Waals surface area contributed by atoms with Crippen molar-refractivity contribution in [2.24, 2.45) is 0 Å². The molecule has 0 saturated heterocycles. The van der Waals surface area contributed by atoms with Gasteiger partial charge in [-0.15, -0.1) is 9.73 Å². The van der Waals surface area contributed by atoms with E-state index in [-0.39, 0.29) is 5.56 Å². The summed E-state index contributed by atoms with van der Waals surface area (Å²) in [5.74, 6) is 0.711. The lowest BCUT2D eigenvalue weighted by molar-refractivity contribution is 0.415. The van der Waals surface area contributed by atoms with Gasteiger partial charge in [0.25, 0.3) is 5.56 Å². The summed E-state index contributed by atoms with van der Waals surface area (Å²) in [5.41, 5.74) is 2.14. The van der Waals surface area contributed by atoms with Crippen molar-refractivity contribution in [1.82, 2.24) is 19.5 Å². The molecule has 0 spiro atoms. The number of hydrogen-bond acceptors (Lipinski definition) is 4. The van der Waals surface area contributed by atoms with E-state index in [4.69, 9.17) is 4.74 Å². The largest absolute Gasteiger partial charge is 0.497 e. The van der Waals surface area contributed by atoms with E-state index < -0.39 is 0 Å². The third-order valence-corrected chi connectivity index (χ3v) is 2.70. The molecule has 1 aromatic carbocycles. The fraction of sp³-hybridized carbons (Fsp3) is 0.182. The van der Waals surface area contributed by atoms with Crippen LogP contribution in [0.5, 0.6) is 5.75 Å². The molecule has 0 saturated carbocycles. The van der Waals surface area contributed by atoms with Gasteiger partial charge >= 0.3 is 0 Å². The zero-order valence-electron chi connectivity index (χ0n) is 9.41. The molecule has 2 aromatic heterocycles. The fourth-order valence-corrected chi connectivity index (χ4v) is 1.90. The van der Waals surface area contributed by atoms with E-state index in [9.17, 15) is 4.79 Å². The van der Waals surface area contributed by atoms with Crippen molar-refractivity contribution < 1.29 is 4.74 Å². The zero-order chi connectivity index (χ0) is 12.0. The number of nitrogens with zero attached hydrogens (tertiary/aromatic N) is 4.